The maximum Gasteiger partial charge on any atom is 0.307 e. The van der Waals surface area contributed by atoms with E-state index in [0.717, 1.165) is 39.4 Å². The van der Waals surface area contributed by atoms with Crippen LogP contribution in [0.5, 0.6) is 5.75 Å². The second-order valence-corrected chi connectivity index (χ2v) is 11.8. The Morgan fingerprint density at radius 2 is 1.66 bits per heavy atom. The summed E-state index contributed by atoms with van der Waals surface area (Å²) in [5.41, 5.74) is 4.26. The van der Waals surface area contributed by atoms with Gasteiger partial charge in [-0.05, 0) is 40.5 Å². The third-order valence-corrected chi connectivity index (χ3v) is 6.21. The molecule has 174 valence electrons. The second-order valence-electron chi connectivity index (χ2n) is 9.98. The third kappa shape index (κ3) is 7.90. The number of carbonyl (C=O) groups excluding carboxylic acids is 1. The first kappa shape index (κ1) is 25.8. The van der Waals surface area contributed by atoms with Crippen molar-refractivity contribution in [1.82, 2.24) is 0 Å². The number of methoxy groups -OCH3 is 1. The number of rotatable bonds is 8. The summed E-state index contributed by atoms with van der Waals surface area (Å²) in [6.07, 6.45) is 0.589. The zero-order valence-electron chi connectivity index (χ0n) is 20.2. The van der Waals surface area contributed by atoms with Crippen LogP contribution in [0.25, 0.3) is 0 Å². The molecule has 2 aromatic carbocycles. The number of thioether (sulfide) groups is 1. The summed E-state index contributed by atoms with van der Waals surface area (Å²) in [6, 6.07) is 11.5. The van der Waals surface area contributed by atoms with Crippen molar-refractivity contribution in [1.29, 1.82) is 0 Å². The van der Waals surface area contributed by atoms with Crippen LogP contribution >= 0.6 is 11.8 Å². The SMILES string of the molecule is COc1ccc(CC(=O)O)cc1Cc1ccc(NC(=O)C(C)(C)C)cc1CSC(C)(C)C. The molecule has 5 nitrogen and oxygen atoms in total. The number of hydrogen-bond donors (Lipinski definition) is 2. The van der Waals surface area contributed by atoms with E-state index in [2.05, 4.69) is 26.1 Å². The fraction of sp³-hybridized carbons (Fsp3) is 0.462. The molecule has 0 aliphatic carbocycles. The number of carboxylic acids is 1. The number of benzene rings is 2. The molecule has 2 rings (SSSR count). The number of anilines is 1. The zero-order valence-corrected chi connectivity index (χ0v) is 21.0. The Bertz CT molecular complexity index is 971. The van der Waals surface area contributed by atoms with Gasteiger partial charge in [-0.2, -0.15) is 11.8 Å². The predicted molar refractivity (Wildman–Crippen MR) is 133 cm³/mol. The minimum absolute atomic E-state index is 0.0253. The molecule has 0 bridgehead atoms. The largest absolute Gasteiger partial charge is 0.496 e. The molecule has 0 fully saturated rings. The molecule has 6 heteroatoms. The fourth-order valence-corrected chi connectivity index (χ4v) is 3.94. The maximum absolute atomic E-state index is 12.5. The van der Waals surface area contributed by atoms with Crippen molar-refractivity contribution in [3.8, 4) is 5.75 Å². The molecular formula is C26H35NO4S. The third-order valence-electron chi connectivity index (χ3n) is 4.89. The van der Waals surface area contributed by atoms with Gasteiger partial charge in [0.1, 0.15) is 5.75 Å². The summed E-state index contributed by atoms with van der Waals surface area (Å²) >= 11 is 1.84. The zero-order chi connectivity index (χ0) is 24.1. The van der Waals surface area contributed by atoms with Crippen LogP contribution in [0.2, 0.25) is 0 Å². The van der Waals surface area contributed by atoms with Gasteiger partial charge in [0, 0.05) is 28.0 Å². The summed E-state index contributed by atoms with van der Waals surface area (Å²) in [5, 5.41) is 12.2. The molecule has 0 aliphatic rings. The van der Waals surface area contributed by atoms with Crippen LogP contribution in [0.15, 0.2) is 36.4 Å². The van der Waals surface area contributed by atoms with Gasteiger partial charge in [0.05, 0.1) is 13.5 Å². The highest BCUT2D eigenvalue weighted by Gasteiger charge is 2.22. The summed E-state index contributed by atoms with van der Waals surface area (Å²) in [7, 11) is 1.62. The van der Waals surface area contributed by atoms with Crippen molar-refractivity contribution < 1.29 is 19.4 Å². The van der Waals surface area contributed by atoms with Crippen molar-refractivity contribution >= 4 is 29.3 Å². The first-order valence-corrected chi connectivity index (χ1v) is 11.7. The van der Waals surface area contributed by atoms with Gasteiger partial charge >= 0.3 is 5.97 Å². The molecule has 2 aromatic rings. The minimum Gasteiger partial charge on any atom is -0.496 e. The topological polar surface area (TPSA) is 75.6 Å². The van der Waals surface area contributed by atoms with Gasteiger partial charge in [0.15, 0.2) is 0 Å². The first-order chi connectivity index (χ1) is 14.8. The van der Waals surface area contributed by atoms with E-state index in [4.69, 9.17) is 9.84 Å². The van der Waals surface area contributed by atoms with E-state index >= 15 is 0 Å². The molecular weight excluding hydrogens is 422 g/mol. The summed E-state index contributed by atoms with van der Waals surface area (Å²) in [4.78, 5) is 23.6. The summed E-state index contributed by atoms with van der Waals surface area (Å²) in [6.45, 7) is 12.2. The van der Waals surface area contributed by atoms with E-state index in [-0.39, 0.29) is 17.1 Å². The molecule has 32 heavy (non-hydrogen) atoms. The van der Waals surface area contributed by atoms with Gasteiger partial charge in [-0.15, -0.1) is 0 Å². The van der Waals surface area contributed by atoms with Crippen LogP contribution in [0.3, 0.4) is 0 Å². The Morgan fingerprint density at radius 3 is 2.22 bits per heavy atom. The standard InChI is InChI=1S/C26H35NO4S/c1-25(2,3)24(30)27-21-10-9-18(20(15-21)16-32-26(4,5)6)14-19-12-17(13-23(28)29)8-11-22(19)31-7/h8-12,15H,13-14,16H2,1-7H3,(H,27,30)(H,28,29). The molecule has 0 heterocycles. The number of hydrogen-bond acceptors (Lipinski definition) is 4. The normalized spacial score (nSPS) is 11.8. The molecule has 0 aliphatic heterocycles. The Hall–Kier alpha value is -2.47. The van der Waals surface area contributed by atoms with Crippen molar-refractivity contribution in [3.05, 3.63) is 58.7 Å². The van der Waals surface area contributed by atoms with Crippen LogP contribution < -0.4 is 10.1 Å². The lowest BCUT2D eigenvalue weighted by Gasteiger charge is -2.21. The van der Waals surface area contributed by atoms with Gasteiger partial charge < -0.3 is 15.2 Å². The highest BCUT2D eigenvalue weighted by molar-refractivity contribution is 7.99. The molecule has 0 unspecified atom stereocenters. The number of aliphatic carboxylic acids is 1. The second kappa shape index (κ2) is 10.4. The lowest BCUT2D eigenvalue weighted by Crippen LogP contribution is -2.27. The monoisotopic (exact) mass is 457 g/mol. The van der Waals surface area contributed by atoms with Crippen molar-refractivity contribution in [2.75, 3.05) is 12.4 Å². The fourth-order valence-electron chi connectivity index (χ4n) is 3.08. The lowest BCUT2D eigenvalue weighted by atomic mass is 9.95. The van der Waals surface area contributed by atoms with Crippen molar-refractivity contribution in [3.63, 3.8) is 0 Å². The molecule has 0 saturated carbocycles. The van der Waals surface area contributed by atoms with Gasteiger partial charge in [-0.25, -0.2) is 0 Å². The number of nitrogens with one attached hydrogen (secondary N) is 1. The highest BCUT2D eigenvalue weighted by atomic mass is 32.2. The molecule has 2 N–H and O–H groups in total. The van der Waals surface area contributed by atoms with Gasteiger partial charge in [0.2, 0.25) is 5.91 Å². The van der Waals surface area contributed by atoms with Gasteiger partial charge in [0.25, 0.3) is 0 Å². The van der Waals surface area contributed by atoms with Gasteiger partial charge in [-0.3, -0.25) is 9.59 Å². The van der Waals surface area contributed by atoms with Crippen LogP contribution in [0, 0.1) is 5.41 Å². The Balaban J connectivity index is 2.41. The van der Waals surface area contributed by atoms with Crippen LogP contribution in [-0.4, -0.2) is 28.8 Å². The van der Waals surface area contributed by atoms with Crippen molar-refractivity contribution in [2.45, 2.75) is 64.9 Å². The average Bonchev–Trinajstić information content (AvgIpc) is 2.66. The van der Waals surface area contributed by atoms with Gasteiger partial charge in [-0.1, -0.05) is 59.7 Å². The van der Waals surface area contributed by atoms with E-state index in [0.29, 0.717) is 6.42 Å². The molecule has 1 amide bonds. The first-order valence-electron chi connectivity index (χ1n) is 10.7. The summed E-state index contributed by atoms with van der Waals surface area (Å²) in [5.74, 6) is 0.651. The molecule has 0 aromatic heterocycles. The Labute approximate surface area is 196 Å². The maximum atomic E-state index is 12.5. The average molecular weight is 458 g/mol. The molecule has 0 spiro atoms. The Morgan fingerprint density at radius 1 is 0.969 bits per heavy atom. The number of ether oxygens (including phenoxy) is 1. The van der Waals surface area contributed by atoms with Crippen LogP contribution in [-0.2, 0) is 28.2 Å². The van der Waals surface area contributed by atoms with E-state index in [1.54, 1.807) is 13.2 Å². The number of amides is 1. The Kier molecular flexibility index (Phi) is 8.41. The van der Waals surface area contributed by atoms with Crippen molar-refractivity contribution in [2.24, 2.45) is 5.41 Å². The highest BCUT2D eigenvalue weighted by Crippen LogP contribution is 2.32. The van der Waals surface area contributed by atoms with Crippen LogP contribution in [0.1, 0.15) is 63.8 Å². The molecule has 0 saturated heterocycles. The van der Waals surface area contributed by atoms with E-state index in [9.17, 15) is 9.59 Å². The number of carboxylic acid groups (broad SMARTS) is 1. The smallest absolute Gasteiger partial charge is 0.307 e. The van der Waals surface area contributed by atoms with E-state index in [1.165, 1.54) is 0 Å². The quantitative estimate of drug-likeness (QED) is 0.514. The predicted octanol–water partition coefficient (Wildman–Crippen LogP) is 5.93. The number of carbonyl (C=O) groups is 2. The molecule has 0 atom stereocenters. The van der Waals surface area contributed by atoms with E-state index < -0.39 is 11.4 Å². The summed E-state index contributed by atoms with van der Waals surface area (Å²) < 4.78 is 5.63. The van der Waals surface area contributed by atoms with Crippen LogP contribution in [0.4, 0.5) is 5.69 Å². The molecule has 0 radical (unpaired) electrons. The minimum atomic E-state index is -0.859. The van der Waals surface area contributed by atoms with E-state index in [1.807, 2.05) is 62.9 Å². The lowest BCUT2D eigenvalue weighted by molar-refractivity contribution is -0.136.